The Morgan fingerprint density at radius 1 is 1.14 bits per heavy atom. The number of rotatable bonds is 8. The van der Waals surface area contributed by atoms with Crippen LogP contribution in [0.2, 0.25) is 5.02 Å². The summed E-state index contributed by atoms with van der Waals surface area (Å²) in [5, 5.41) is 7.08. The third-order valence-electron chi connectivity index (χ3n) is 8.32. The number of aromatic amines is 1. The minimum absolute atomic E-state index is 0.0214. The quantitative estimate of drug-likeness (QED) is 0.287. The Kier molecular flexibility index (Phi) is 9.55. The number of nitrogens with zero attached hydrogens (tertiary/aromatic N) is 3. The molecule has 9 nitrogen and oxygen atoms in total. The summed E-state index contributed by atoms with van der Waals surface area (Å²) in [7, 11) is 3.24. The second-order valence-electron chi connectivity index (χ2n) is 11.7. The lowest BCUT2D eigenvalue weighted by Gasteiger charge is -2.33. The van der Waals surface area contributed by atoms with E-state index in [1.807, 2.05) is 11.8 Å². The molecule has 5 rings (SSSR count). The zero-order chi connectivity index (χ0) is 30.8. The van der Waals surface area contributed by atoms with E-state index in [2.05, 4.69) is 15.6 Å². The van der Waals surface area contributed by atoms with Crippen molar-refractivity contribution in [2.45, 2.75) is 38.3 Å². The Hall–Kier alpha value is -3.25. The Labute approximate surface area is 255 Å². The number of H-pyrrole nitrogens is 1. The number of piperidine rings is 1. The lowest BCUT2D eigenvalue weighted by Crippen LogP contribution is -2.43. The van der Waals surface area contributed by atoms with Crippen molar-refractivity contribution in [3.63, 3.8) is 0 Å². The molecule has 0 saturated carbocycles. The number of anilines is 1. The van der Waals surface area contributed by atoms with Crippen molar-refractivity contribution in [3.05, 3.63) is 52.2 Å². The maximum Gasteiger partial charge on any atom is 0.269 e. The van der Waals surface area contributed by atoms with E-state index in [4.69, 9.17) is 17.3 Å². The van der Waals surface area contributed by atoms with Gasteiger partial charge >= 0.3 is 0 Å². The lowest BCUT2D eigenvalue weighted by molar-refractivity contribution is -0.132. The van der Waals surface area contributed by atoms with Crippen molar-refractivity contribution >= 4 is 40.0 Å². The number of hydrogen-bond donors (Lipinski definition) is 4. The molecule has 3 heterocycles. The predicted octanol–water partition coefficient (Wildman–Crippen LogP) is 3.87. The lowest BCUT2D eigenvalue weighted by atomic mass is 9.86. The van der Waals surface area contributed by atoms with Crippen molar-refractivity contribution in [1.82, 2.24) is 25.4 Å². The molecule has 0 radical (unpaired) electrons. The number of nitrogens with two attached hydrogens (primary N) is 1. The van der Waals surface area contributed by atoms with Crippen molar-refractivity contribution in [1.29, 1.82) is 0 Å². The summed E-state index contributed by atoms with van der Waals surface area (Å²) in [6.45, 7) is 6.03. The second-order valence-corrected chi connectivity index (χ2v) is 12.1. The summed E-state index contributed by atoms with van der Waals surface area (Å²) < 4.78 is 32.0. The zero-order valence-electron chi connectivity index (χ0n) is 24.9. The van der Waals surface area contributed by atoms with Crippen LogP contribution in [-0.2, 0) is 4.79 Å². The number of piperazine rings is 1. The molecule has 3 aromatic rings. The molecular formula is C31H40ClF2N7O2. The number of fused-ring (bicyclic) bond motifs is 1. The van der Waals surface area contributed by atoms with Crippen LogP contribution in [0.25, 0.3) is 22.0 Å². The average Bonchev–Trinajstić information content (AvgIpc) is 3.44. The predicted molar refractivity (Wildman–Crippen MR) is 167 cm³/mol. The average molecular weight is 616 g/mol. The van der Waals surface area contributed by atoms with E-state index in [1.165, 1.54) is 11.0 Å². The third kappa shape index (κ3) is 6.64. The van der Waals surface area contributed by atoms with Crippen LogP contribution in [0, 0.1) is 11.6 Å². The molecule has 232 valence electrons. The fourth-order valence-electron chi connectivity index (χ4n) is 6.07. The topological polar surface area (TPSA) is 110 Å². The van der Waals surface area contributed by atoms with Crippen molar-refractivity contribution in [3.8, 4) is 11.1 Å². The molecule has 43 heavy (non-hydrogen) atoms. The fourth-order valence-corrected chi connectivity index (χ4v) is 6.33. The Bertz CT molecular complexity index is 1500. The Morgan fingerprint density at radius 2 is 1.88 bits per heavy atom. The van der Waals surface area contributed by atoms with Crippen LogP contribution in [0.3, 0.4) is 0 Å². The minimum atomic E-state index is -0.483. The molecule has 2 unspecified atom stereocenters. The highest BCUT2D eigenvalue weighted by molar-refractivity contribution is 6.34. The summed E-state index contributed by atoms with van der Waals surface area (Å²) in [5.74, 6) is -1.53. The fraction of sp³-hybridized carbons (Fsp3) is 0.484. The van der Waals surface area contributed by atoms with Gasteiger partial charge in [-0.15, -0.1) is 0 Å². The molecule has 2 saturated heterocycles. The van der Waals surface area contributed by atoms with Crippen LogP contribution >= 0.6 is 11.6 Å². The maximum absolute atomic E-state index is 16.3. The van der Waals surface area contributed by atoms with Gasteiger partial charge in [-0.3, -0.25) is 9.59 Å². The molecule has 12 heteroatoms. The smallest absolute Gasteiger partial charge is 0.269 e. The summed E-state index contributed by atoms with van der Waals surface area (Å²) in [6.07, 6.45) is 1.47. The molecule has 0 bridgehead atoms. The first-order valence-electron chi connectivity index (χ1n) is 14.8. The van der Waals surface area contributed by atoms with Crippen LogP contribution in [0.4, 0.5) is 14.5 Å². The highest BCUT2D eigenvalue weighted by atomic mass is 35.5. The van der Waals surface area contributed by atoms with Crippen molar-refractivity contribution in [2.24, 2.45) is 5.73 Å². The molecule has 0 aliphatic carbocycles. The van der Waals surface area contributed by atoms with E-state index in [0.717, 1.165) is 13.1 Å². The molecular weight excluding hydrogens is 576 g/mol. The maximum atomic E-state index is 16.3. The van der Waals surface area contributed by atoms with E-state index < -0.39 is 11.6 Å². The van der Waals surface area contributed by atoms with E-state index in [9.17, 15) is 9.59 Å². The van der Waals surface area contributed by atoms with Crippen molar-refractivity contribution < 1.29 is 18.4 Å². The van der Waals surface area contributed by atoms with Crippen LogP contribution in [0.15, 0.2) is 24.3 Å². The zero-order valence-corrected chi connectivity index (χ0v) is 25.7. The molecule has 2 fully saturated rings. The minimum Gasteiger partial charge on any atom is -0.367 e. The number of halogens is 3. The molecule has 1 aromatic heterocycles. The van der Waals surface area contributed by atoms with Gasteiger partial charge in [0.05, 0.1) is 22.4 Å². The van der Waals surface area contributed by atoms with Gasteiger partial charge in [-0.05, 0) is 55.2 Å². The number of likely N-dealkylation sites (tertiary alicyclic amines) is 1. The first kappa shape index (κ1) is 31.2. The molecule has 2 aliphatic heterocycles. The SMILES string of the molecule is CC(N)NCCC(=O)N1CCCC(c2cc(-c3cc(F)c(N4CCNCC4)cc3Cl)c3cc(C(=O)N(C)C)[nH]c3c2F)C1. The van der Waals surface area contributed by atoms with Crippen LogP contribution in [0.1, 0.15) is 48.2 Å². The summed E-state index contributed by atoms with van der Waals surface area (Å²) in [5.41, 5.74) is 7.88. The van der Waals surface area contributed by atoms with Gasteiger partial charge in [0.1, 0.15) is 11.5 Å². The summed E-state index contributed by atoms with van der Waals surface area (Å²) >= 11 is 6.83. The first-order valence-corrected chi connectivity index (χ1v) is 15.2. The third-order valence-corrected chi connectivity index (χ3v) is 8.63. The largest absolute Gasteiger partial charge is 0.367 e. The van der Waals surface area contributed by atoms with Gasteiger partial charge in [0.2, 0.25) is 5.91 Å². The Morgan fingerprint density at radius 3 is 2.58 bits per heavy atom. The van der Waals surface area contributed by atoms with E-state index >= 15 is 8.78 Å². The van der Waals surface area contributed by atoms with Crippen LogP contribution < -0.4 is 21.3 Å². The summed E-state index contributed by atoms with van der Waals surface area (Å²) in [4.78, 5) is 33.9. The number of amides is 2. The number of nitrogens with one attached hydrogen (secondary N) is 3. The molecule has 2 aliphatic rings. The van der Waals surface area contributed by atoms with E-state index in [1.54, 1.807) is 37.2 Å². The van der Waals surface area contributed by atoms with E-state index in [-0.39, 0.29) is 35.1 Å². The van der Waals surface area contributed by atoms with Gasteiger partial charge < -0.3 is 36.1 Å². The molecule has 2 aromatic carbocycles. The first-order chi connectivity index (χ1) is 20.5. The van der Waals surface area contributed by atoms with Crippen LogP contribution in [0.5, 0.6) is 0 Å². The van der Waals surface area contributed by atoms with Gasteiger partial charge in [0.15, 0.2) is 5.82 Å². The monoisotopic (exact) mass is 615 g/mol. The number of hydrogen-bond acceptors (Lipinski definition) is 6. The number of aromatic nitrogens is 1. The molecule has 2 atom stereocenters. The molecule has 5 N–H and O–H groups in total. The van der Waals surface area contributed by atoms with Gasteiger partial charge in [0, 0.05) is 83.2 Å². The summed E-state index contributed by atoms with van der Waals surface area (Å²) in [6, 6.07) is 6.35. The number of benzene rings is 2. The highest BCUT2D eigenvalue weighted by Crippen LogP contribution is 2.42. The highest BCUT2D eigenvalue weighted by Gasteiger charge is 2.30. The number of carbonyl (C=O) groups is 2. The van der Waals surface area contributed by atoms with E-state index in [0.29, 0.717) is 84.8 Å². The van der Waals surface area contributed by atoms with Gasteiger partial charge in [0.25, 0.3) is 5.91 Å². The van der Waals surface area contributed by atoms with Gasteiger partial charge in [-0.1, -0.05) is 11.6 Å². The van der Waals surface area contributed by atoms with Crippen LogP contribution in [-0.4, -0.2) is 92.7 Å². The number of carbonyl (C=O) groups excluding carboxylic acids is 2. The van der Waals surface area contributed by atoms with Gasteiger partial charge in [-0.25, -0.2) is 8.78 Å². The molecule has 0 spiro atoms. The second kappa shape index (κ2) is 13.2. The van der Waals surface area contributed by atoms with Gasteiger partial charge in [-0.2, -0.15) is 0 Å². The normalized spacial score (nSPS) is 18.3. The standard InChI is InChI=1S/C31H40ClF2N7O2/c1-18(35)37-7-6-28(42)41-10-4-5-19(17-41)20-13-21(23-15-26(31(43)39(2)3)38-30(23)29(20)34)22-14-25(33)27(16-24(22)32)40-11-8-36-9-12-40/h13-16,18-19,36-38H,4-12,17,35H2,1-3H3. The van der Waals surface area contributed by atoms with Crippen molar-refractivity contribution in [2.75, 3.05) is 64.8 Å². The Balaban J connectivity index is 1.56. The molecule has 2 amide bonds.